The zero-order valence-corrected chi connectivity index (χ0v) is 16.0. The van der Waals surface area contributed by atoms with Crippen LogP contribution in [0.3, 0.4) is 0 Å². The van der Waals surface area contributed by atoms with Gasteiger partial charge in [0.2, 0.25) is 10.0 Å². The molecular weight excluding hydrogens is 392 g/mol. The molecule has 0 aliphatic heterocycles. The van der Waals surface area contributed by atoms with Gasteiger partial charge < -0.3 is 0 Å². The lowest BCUT2D eigenvalue weighted by Crippen LogP contribution is -2.24. The fraction of sp³-hybridized carbons (Fsp3) is 0.286. The van der Waals surface area contributed by atoms with Gasteiger partial charge in [0, 0.05) is 6.54 Å². The van der Waals surface area contributed by atoms with E-state index in [2.05, 4.69) is 9.44 Å². The van der Waals surface area contributed by atoms with Gasteiger partial charge in [0.25, 0.3) is 10.0 Å². The summed E-state index contributed by atoms with van der Waals surface area (Å²) in [4.78, 5) is 0.00279. The van der Waals surface area contributed by atoms with Gasteiger partial charge in [0.05, 0.1) is 14.9 Å². The average molecular weight is 409 g/mol. The molecule has 0 fully saturated rings. The molecule has 0 saturated carbocycles. The lowest BCUT2D eigenvalue weighted by atomic mass is 10.3. The van der Waals surface area contributed by atoms with E-state index in [-0.39, 0.29) is 14.8 Å². The SMILES string of the molecule is CCCCNS(=O)(=O)c1cccc(NS(=O)(=O)c2ccc(Cl)s2)c1. The summed E-state index contributed by atoms with van der Waals surface area (Å²) in [5.74, 6) is 0. The number of hydrogen-bond donors (Lipinski definition) is 2. The number of unbranched alkanes of at least 4 members (excludes halogenated alkanes) is 1. The lowest BCUT2D eigenvalue weighted by Gasteiger charge is -2.09. The van der Waals surface area contributed by atoms with Crippen molar-refractivity contribution in [3.05, 3.63) is 40.7 Å². The summed E-state index contributed by atoms with van der Waals surface area (Å²) in [6, 6.07) is 8.53. The second-order valence-corrected chi connectivity index (χ2v) is 10.3. The van der Waals surface area contributed by atoms with Gasteiger partial charge in [-0.3, -0.25) is 4.72 Å². The van der Waals surface area contributed by atoms with E-state index in [0.717, 1.165) is 24.2 Å². The van der Waals surface area contributed by atoms with Crippen molar-refractivity contribution in [1.29, 1.82) is 0 Å². The van der Waals surface area contributed by atoms with E-state index in [4.69, 9.17) is 11.6 Å². The van der Waals surface area contributed by atoms with Gasteiger partial charge in [0.1, 0.15) is 4.21 Å². The smallest absolute Gasteiger partial charge is 0.271 e. The van der Waals surface area contributed by atoms with E-state index in [1.54, 1.807) is 0 Å². The number of nitrogens with one attached hydrogen (secondary N) is 2. The molecule has 10 heteroatoms. The minimum Gasteiger partial charge on any atom is -0.279 e. The van der Waals surface area contributed by atoms with E-state index in [9.17, 15) is 16.8 Å². The summed E-state index contributed by atoms with van der Waals surface area (Å²) in [7, 11) is -7.48. The summed E-state index contributed by atoms with van der Waals surface area (Å²) in [5, 5.41) is 0. The highest BCUT2D eigenvalue weighted by molar-refractivity contribution is 7.94. The number of anilines is 1. The minimum atomic E-state index is -3.81. The molecule has 1 aromatic heterocycles. The highest BCUT2D eigenvalue weighted by Crippen LogP contribution is 2.27. The standard InChI is InChI=1S/C14H17ClN2O4S3/c1-2-3-9-16-23(18,19)12-6-4-5-11(10-12)17-24(20,21)14-8-7-13(15)22-14/h4-8,10,16-17H,2-3,9H2,1H3. The van der Waals surface area contributed by atoms with E-state index in [1.165, 1.54) is 36.4 Å². The normalized spacial score (nSPS) is 12.2. The fourth-order valence-electron chi connectivity index (χ4n) is 1.84. The third kappa shape index (κ3) is 4.93. The summed E-state index contributed by atoms with van der Waals surface area (Å²) in [6.45, 7) is 2.29. The second kappa shape index (κ2) is 7.83. The number of sulfonamides is 2. The van der Waals surface area contributed by atoms with Crippen LogP contribution in [0.4, 0.5) is 5.69 Å². The van der Waals surface area contributed by atoms with Crippen molar-refractivity contribution in [2.45, 2.75) is 28.9 Å². The third-order valence-electron chi connectivity index (χ3n) is 3.03. The van der Waals surface area contributed by atoms with E-state index < -0.39 is 20.0 Å². The molecule has 0 aliphatic carbocycles. The molecule has 0 aliphatic rings. The van der Waals surface area contributed by atoms with Gasteiger partial charge in [-0.05, 0) is 36.8 Å². The summed E-state index contributed by atoms with van der Waals surface area (Å²) in [5.41, 5.74) is 0.165. The largest absolute Gasteiger partial charge is 0.279 e. The second-order valence-electron chi connectivity index (χ2n) is 4.94. The first-order chi connectivity index (χ1) is 11.2. The molecule has 6 nitrogen and oxygen atoms in total. The fourth-order valence-corrected chi connectivity index (χ4v) is 5.49. The average Bonchev–Trinajstić information content (AvgIpc) is 2.95. The Kier molecular flexibility index (Phi) is 6.27. The van der Waals surface area contributed by atoms with Crippen molar-refractivity contribution in [2.24, 2.45) is 0 Å². The van der Waals surface area contributed by atoms with Gasteiger partial charge in [-0.2, -0.15) is 0 Å². The van der Waals surface area contributed by atoms with Crippen LogP contribution in [0, 0.1) is 0 Å². The van der Waals surface area contributed by atoms with Gasteiger partial charge in [-0.15, -0.1) is 11.3 Å². The first-order valence-electron chi connectivity index (χ1n) is 7.12. The Bertz CT molecular complexity index is 908. The van der Waals surface area contributed by atoms with Gasteiger partial charge >= 0.3 is 0 Å². The minimum absolute atomic E-state index is 0.00279. The van der Waals surface area contributed by atoms with Crippen LogP contribution >= 0.6 is 22.9 Å². The van der Waals surface area contributed by atoms with Gasteiger partial charge in [0.15, 0.2) is 0 Å². The van der Waals surface area contributed by atoms with Crippen LogP contribution < -0.4 is 9.44 Å². The molecular formula is C14H17ClN2O4S3. The maximum absolute atomic E-state index is 12.3. The van der Waals surface area contributed by atoms with Crippen LogP contribution in [0.1, 0.15) is 19.8 Å². The van der Waals surface area contributed by atoms with E-state index in [0.29, 0.717) is 10.9 Å². The molecule has 0 radical (unpaired) electrons. The molecule has 132 valence electrons. The Morgan fingerprint density at radius 3 is 2.46 bits per heavy atom. The molecule has 0 unspecified atom stereocenters. The number of benzene rings is 1. The molecule has 2 N–H and O–H groups in total. The Morgan fingerprint density at radius 1 is 1.08 bits per heavy atom. The van der Waals surface area contributed by atoms with Crippen molar-refractivity contribution in [3.63, 3.8) is 0 Å². The summed E-state index contributed by atoms with van der Waals surface area (Å²) >= 11 is 6.68. The topological polar surface area (TPSA) is 92.3 Å². The van der Waals surface area contributed by atoms with E-state index in [1.807, 2.05) is 6.92 Å². The van der Waals surface area contributed by atoms with Crippen molar-refractivity contribution in [3.8, 4) is 0 Å². The molecule has 2 aromatic rings. The van der Waals surface area contributed by atoms with Crippen LogP contribution in [0.25, 0.3) is 0 Å². The molecule has 0 spiro atoms. The predicted octanol–water partition coefficient (Wildman–Crippen LogP) is 3.28. The Labute approximate surface area is 151 Å². The molecule has 1 heterocycles. The molecule has 24 heavy (non-hydrogen) atoms. The van der Waals surface area contributed by atoms with Crippen LogP contribution in [0.5, 0.6) is 0 Å². The van der Waals surface area contributed by atoms with Crippen LogP contribution in [-0.4, -0.2) is 23.4 Å². The van der Waals surface area contributed by atoms with Gasteiger partial charge in [-0.25, -0.2) is 21.6 Å². The summed E-state index contributed by atoms with van der Waals surface area (Å²) < 4.78 is 54.2. The van der Waals surface area contributed by atoms with Crippen molar-refractivity contribution >= 4 is 48.7 Å². The predicted molar refractivity (Wildman–Crippen MR) is 96.7 cm³/mol. The van der Waals surface area contributed by atoms with Crippen LogP contribution in [-0.2, 0) is 20.0 Å². The van der Waals surface area contributed by atoms with Crippen molar-refractivity contribution < 1.29 is 16.8 Å². The maximum atomic E-state index is 12.3. The zero-order valence-electron chi connectivity index (χ0n) is 12.8. The number of rotatable bonds is 8. The molecule has 2 rings (SSSR count). The molecule has 0 atom stereocenters. The Hall–Kier alpha value is -1.13. The molecule has 0 saturated heterocycles. The Morgan fingerprint density at radius 2 is 1.83 bits per heavy atom. The lowest BCUT2D eigenvalue weighted by molar-refractivity contribution is 0.578. The number of thiophene rings is 1. The number of hydrogen-bond acceptors (Lipinski definition) is 5. The molecule has 0 bridgehead atoms. The van der Waals surface area contributed by atoms with Crippen molar-refractivity contribution in [2.75, 3.05) is 11.3 Å². The first-order valence-corrected chi connectivity index (χ1v) is 11.3. The van der Waals surface area contributed by atoms with Crippen LogP contribution in [0.15, 0.2) is 45.5 Å². The highest BCUT2D eigenvalue weighted by atomic mass is 35.5. The zero-order chi connectivity index (χ0) is 17.8. The monoisotopic (exact) mass is 408 g/mol. The van der Waals surface area contributed by atoms with E-state index >= 15 is 0 Å². The first kappa shape index (κ1) is 19.2. The highest BCUT2D eigenvalue weighted by Gasteiger charge is 2.19. The summed E-state index contributed by atoms with van der Waals surface area (Å²) in [6.07, 6.45) is 1.59. The van der Waals surface area contributed by atoms with Gasteiger partial charge in [-0.1, -0.05) is 31.0 Å². The Balaban J connectivity index is 2.21. The third-order valence-corrected chi connectivity index (χ3v) is 7.60. The molecule has 1 aromatic carbocycles. The quantitative estimate of drug-likeness (QED) is 0.655. The van der Waals surface area contributed by atoms with Crippen LogP contribution in [0.2, 0.25) is 4.34 Å². The number of halogens is 1. The molecule has 0 amide bonds. The van der Waals surface area contributed by atoms with Crippen molar-refractivity contribution in [1.82, 2.24) is 4.72 Å². The maximum Gasteiger partial charge on any atom is 0.271 e.